The molecule has 3 rings (SSSR count). The van der Waals surface area contributed by atoms with Crippen molar-refractivity contribution in [3.05, 3.63) is 47.3 Å². The average Bonchev–Trinajstić information content (AvgIpc) is 3.34. The Morgan fingerprint density at radius 2 is 1.43 bits per heavy atom. The molecule has 1 atom stereocenters. The number of halogens is 2. The Kier molecular flexibility index (Phi) is 15.6. The molecule has 0 saturated carbocycles. The topological polar surface area (TPSA) is 124 Å². The first-order valence-corrected chi connectivity index (χ1v) is 20.9. The van der Waals surface area contributed by atoms with E-state index in [1.165, 1.54) is 113 Å². The number of aromatic nitrogens is 1. The average molecular weight is 722 g/mol. The minimum absolute atomic E-state index is 0.145. The molecular weight excluding hydrogens is 677 g/mol. The summed E-state index contributed by atoms with van der Waals surface area (Å²) in [5.41, 5.74) is 0.293. The molecule has 3 aromatic rings. The summed E-state index contributed by atoms with van der Waals surface area (Å²) >= 11 is -0.568. The van der Waals surface area contributed by atoms with Crippen molar-refractivity contribution >= 4 is 52.5 Å². The number of sulfone groups is 1. The van der Waals surface area contributed by atoms with Gasteiger partial charge < -0.3 is 8.75 Å². The number of alkyl halides is 2. The van der Waals surface area contributed by atoms with Gasteiger partial charge in [0.15, 0.2) is 0 Å². The number of sulfonamides is 1. The number of unbranched alkanes of at least 4 members (excludes halogenated alkanes) is 13. The quantitative estimate of drug-likeness (QED) is 0.0844. The van der Waals surface area contributed by atoms with Crippen molar-refractivity contribution in [1.82, 2.24) is 9.40 Å². The second-order valence-electron chi connectivity index (χ2n) is 11.2. The summed E-state index contributed by atoms with van der Waals surface area (Å²) < 4.78 is 95.4. The zero-order chi connectivity index (χ0) is 33.6. The SMILES string of the molecule is CCCCCCCCCCCCCCCCS(=O)Oc1cccc(S(=O)(=O)NN=c2sc3ccc(S(=O)(=O)C(F)F)cc3n2C)c1. The Morgan fingerprint density at radius 1 is 0.848 bits per heavy atom. The fourth-order valence-electron chi connectivity index (χ4n) is 4.90. The minimum atomic E-state index is -4.79. The van der Waals surface area contributed by atoms with Crippen molar-refractivity contribution in [1.29, 1.82) is 0 Å². The standard InChI is InChI=1S/C31H45F2N3O6S4/c1-3-4-5-6-7-8-9-10-11-12-13-14-15-16-22-44(37)42-25-18-17-19-27(23-25)46(40,41)35-34-31-36(2)28-24-26(20-21-29(28)43-31)45(38,39)30(32)33/h17-21,23-24,30,35H,3-16,22H2,1-2H3. The van der Waals surface area contributed by atoms with Crippen LogP contribution in [0.5, 0.6) is 5.75 Å². The lowest BCUT2D eigenvalue weighted by Gasteiger charge is -2.08. The predicted molar refractivity (Wildman–Crippen MR) is 180 cm³/mol. The number of nitrogens with one attached hydrogen (secondary N) is 1. The van der Waals surface area contributed by atoms with E-state index in [2.05, 4.69) is 16.9 Å². The summed E-state index contributed by atoms with van der Waals surface area (Å²) in [6.45, 7) is 2.24. The van der Waals surface area contributed by atoms with Crippen molar-refractivity contribution in [2.75, 3.05) is 5.75 Å². The number of fused-ring (bicyclic) bond motifs is 1. The third-order valence-corrected chi connectivity index (χ3v) is 12.3. The van der Waals surface area contributed by atoms with E-state index in [0.29, 0.717) is 16.0 Å². The van der Waals surface area contributed by atoms with Gasteiger partial charge in [0.05, 0.1) is 25.8 Å². The van der Waals surface area contributed by atoms with E-state index < -0.39 is 41.6 Å². The van der Waals surface area contributed by atoms with Crippen LogP contribution in [-0.2, 0) is 38.0 Å². The van der Waals surface area contributed by atoms with E-state index in [0.717, 1.165) is 42.7 Å². The molecule has 0 amide bonds. The predicted octanol–water partition coefficient (Wildman–Crippen LogP) is 7.55. The Morgan fingerprint density at radius 3 is 2.02 bits per heavy atom. The van der Waals surface area contributed by atoms with Crippen molar-refractivity contribution in [2.45, 2.75) is 112 Å². The van der Waals surface area contributed by atoms with E-state index in [1.807, 2.05) is 0 Å². The van der Waals surface area contributed by atoms with Crippen LogP contribution in [0, 0.1) is 0 Å². The first kappa shape index (κ1) is 38.1. The molecule has 0 spiro atoms. The van der Waals surface area contributed by atoms with Gasteiger partial charge in [-0.2, -0.15) is 22.0 Å². The number of thiazole rings is 1. The molecule has 0 radical (unpaired) electrons. The molecule has 258 valence electrons. The molecule has 2 aromatic carbocycles. The van der Waals surface area contributed by atoms with E-state index in [9.17, 15) is 29.8 Å². The summed E-state index contributed by atoms with van der Waals surface area (Å²) in [4.78, 5) is 1.59. The Bertz CT molecular complexity index is 1710. The maximum atomic E-state index is 13.0. The van der Waals surface area contributed by atoms with Gasteiger partial charge in [0.2, 0.25) is 25.7 Å². The van der Waals surface area contributed by atoms with Crippen LogP contribution in [0.15, 0.2) is 57.4 Å². The Labute approximate surface area is 278 Å². The van der Waals surface area contributed by atoms with E-state index >= 15 is 0 Å². The molecule has 1 unspecified atom stereocenters. The number of hydrogen-bond acceptors (Lipinski definition) is 8. The molecule has 0 aliphatic carbocycles. The Hall–Kier alpha value is -2.36. The summed E-state index contributed by atoms with van der Waals surface area (Å²) in [5, 5.41) is 3.96. The third kappa shape index (κ3) is 11.7. The summed E-state index contributed by atoms with van der Waals surface area (Å²) in [6, 6.07) is 9.13. The van der Waals surface area contributed by atoms with Crippen LogP contribution in [0.25, 0.3) is 10.2 Å². The zero-order valence-electron chi connectivity index (χ0n) is 26.5. The van der Waals surface area contributed by atoms with Gasteiger partial charge in [-0.15, -0.1) is 5.10 Å². The molecule has 46 heavy (non-hydrogen) atoms. The first-order valence-electron chi connectivity index (χ1n) is 15.8. The smallest absolute Gasteiger partial charge is 0.341 e. The lowest BCUT2D eigenvalue weighted by molar-refractivity contribution is 0.235. The van der Waals surface area contributed by atoms with Gasteiger partial charge >= 0.3 is 5.76 Å². The summed E-state index contributed by atoms with van der Waals surface area (Å²) in [6.07, 6.45) is 17.2. The number of hydrogen-bond donors (Lipinski definition) is 1. The van der Waals surface area contributed by atoms with E-state index in [-0.39, 0.29) is 15.4 Å². The molecular formula is C31H45F2N3O6S4. The molecule has 1 aromatic heterocycles. The molecule has 15 heteroatoms. The normalized spacial score (nSPS) is 13.5. The Balaban J connectivity index is 1.44. The second-order valence-corrected chi connectivity index (χ2v) is 17.0. The van der Waals surface area contributed by atoms with Gasteiger partial charge in [-0.3, -0.25) is 0 Å². The van der Waals surface area contributed by atoms with Crippen molar-refractivity contribution in [2.24, 2.45) is 12.1 Å². The van der Waals surface area contributed by atoms with E-state index in [1.54, 1.807) is 0 Å². The number of benzene rings is 2. The number of rotatable bonds is 22. The van der Waals surface area contributed by atoms with Crippen LogP contribution in [0.2, 0.25) is 0 Å². The molecule has 0 fully saturated rings. The van der Waals surface area contributed by atoms with Crippen molar-refractivity contribution < 1.29 is 34.0 Å². The highest BCUT2D eigenvalue weighted by molar-refractivity contribution is 7.91. The molecule has 0 bridgehead atoms. The fraction of sp³-hybridized carbons (Fsp3) is 0.581. The molecule has 0 aliphatic rings. The van der Waals surface area contributed by atoms with Gasteiger partial charge in [-0.25, -0.2) is 12.6 Å². The maximum Gasteiger partial charge on any atom is 0.341 e. The largest absolute Gasteiger partial charge is 0.400 e. The maximum absolute atomic E-state index is 13.0. The van der Waals surface area contributed by atoms with Gasteiger partial charge in [0.25, 0.3) is 10.0 Å². The van der Waals surface area contributed by atoms with Gasteiger partial charge in [0, 0.05) is 13.1 Å². The highest BCUT2D eigenvalue weighted by Crippen LogP contribution is 2.25. The van der Waals surface area contributed by atoms with Crippen molar-refractivity contribution in [3.8, 4) is 5.75 Å². The van der Waals surface area contributed by atoms with Crippen molar-refractivity contribution in [3.63, 3.8) is 0 Å². The van der Waals surface area contributed by atoms with Crippen LogP contribution in [-0.4, -0.2) is 37.1 Å². The monoisotopic (exact) mass is 721 g/mol. The summed E-state index contributed by atoms with van der Waals surface area (Å²) in [5.74, 6) is -3.07. The van der Waals surface area contributed by atoms with Crippen LogP contribution < -0.4 is 13.8 Å². The second kappa shape index (κ2) is 18.8. The highest BCUT2D eigenvalue weighted by Gasteiger charge is 2.27. The molecule has 9 nitrogen and oxygen atoms in total. The lowest BCUT2D eigenvalue weighted by Crippen LogP contribution is -2.23. The van der Waals surface area contributed by atoms with Crippen LogP contribution in [0.4, 0.5) is 8.78 Å². The van der Waals surface area contributed by atoms with Crippen LogP contribution in [0.1, 0.15) is 96.8 Å². The summed E-state index contributed by atoms with van der Waals surface area (Å²) in [7, 11) is -7.44. The van der Waals surface area contributed by atoms with Gasteiger partial charge in [-0.05, 0) is 36.8 Å². The number of nitrogens with zero attached hydrogens (tertiary/aromatic N) is 2. The zero-order valence-corrected chi connectivity index (χ0v) is 29.7. The first-order chi connectivity index (χ1) is 22.0. The molecule has 0 aliphatic heterocycles. The van der Waals surface area contributed by atoms with Gasteiger partial charge in [0.1, 0.15) is 5.75 Å². The van der Waals surface area contributed by atoms with Crippen LogP contribution in [0.3, 0.4) is 0 Å². The highest BCUT2D eigenvalue weighted by atomic mass is 32.2. The molecule has 0 saturated heterocycles. The van der Waals surface area contributed by atoms with Crippen LogP contribution >= 0.6 is 11.3 Å². The molecule has 1 heterocycles. The number of aryl methyl sites for hydroxylation is 1. The minimum Gasteiger partial charge on any atom is -0.400 e. The van der Waals surface area contributed by atoms with Gasteiger partial charge in [-0.1, -0.05) is 108 Å². The fourth-order valence-corrected chi connectivity index (χ4v) is 8.34. The lowest BCUT2D eigenvalue weighted by atomic mass is 10.0. The third-order valence-electron chi connectivity index (χ3n) is 7.57. The van der Waals surface area contributed by atoms with E-state index in [4.69, 9.17) is 4.18 Å². The molecule has 1 N–H and O–H groups in total.